The molecule has 7 heteroatoms. The second kappa shape index (κ2) is 7.70. The van der Waals surface area contributed by atoms with Gasteiger partial charge in [0.05, 0.1) is 23.4 Å². The molecule has 0 saturated carbocycles. The molecule has 6 nitrogen and oxygen atoms in total. The Morgan fingerprint density at radius 2 is 1.83 bits per heavy atom. The summed E-state index contributed by atoms with van der Waals surface area (Å²) in [5.74, 6) is -0.509. The van der Waals surface area contributed by atoms with E-state index < -0.39 is 18.0 Å². The van der Waals surface area contributed by atoms with E-state index in [1.807, 2.05) is 0 Å². The van der Waals surface area contributed by atoms with Gasteiger partial charge in [-0.3, -0.25) is 4.79 Å². The average molecular weight is 349 g/mol. The summed E-state index contributed by atoms with van der Waals surface area (Å²) in [4.78, 5) is 24.2. The number of hydrogen-bond donors (Lipinski definition) is 2. The molecule has 0 radical (unpaired) electrons. The number of rotatable bonds is 5. The van der Waals surface area contributed by atoms with E-state index in [0.717, 1.165) is 0 Å². The third kappa shape index (κ3) is 4.17. The molecule has 2 aromatic rings. The van der Waals surface area contributed by atoms with E-state index in [1.165, 1.54) is 13.0 Å². The molecule has 1 unspecified atom stereocenters. The Balaban J connectivity index is 2.00. The van der Waals surface area contributed by atoms with Crippen molar-refractivity contribution in [1.29, 1.82) is 0 Å². The van der Waals surface area contributed by atoms with Crippen molar-refractivity contribution in [2.75, 3.05) is 18.2 Å². The maximum Gasteiger partial charge on any atom is 0.341 e. The van der Waals surface area contributed by atoms with Crippen LogP contribution in [0.4, 0.5) is 11.4 Å². The molecule has 0 saturated heterocycles. The van der Waals surface area contributed by atoms with Crippen molar-refractivity contribution in [1.82, 2.24) is 0 Å². The number of nitrogen functional groups attached to an aromatic ring is 1. The van der Waals surface area contributed by atoms with E-state index in [4.69, 9.17) is 26.8 Å². The number of halogens is 1. The molecule has 0 fully saturated rings. The number of carbonyl (C=O) groups excluding carboxylic acids is 2. The maximum absolute atomic E-state index is 12.1. The van der Waals surface area contributed by atoms with E-state index in [9.17, 15) is 9.59 Å². The van der Waals surface area contributed by atoms with E-state index in [2.05, 4.69) is 5.32 Å². The summed E-state index contributed by atoms with van der Waals surface area (Å²) in [6, 6.07) is 11.4. The Bertz CT molecular complexity index is 747. The number of anilines is 2. The molecule has 1 atom stereocenters. The van der Waals surface area contributed by atoms with Crippen LogP contribution < -0.4 is 15.8 Å². The molecule has 0 aliphatic rings. The summed E-state index contributed by atoms with van der Waals surface area (Å²) in [6.45, 7) is 1.47. The van der Waals surface area contributed by atoms with Crippen LogP contribution in [0.15, 0.2) is 42.5 Å². The first kappa shape index (κ1) is 17.6. The lowest BCUT2D eigenvalue weighted by molar-refractivity contribution is -0.123. The summed E-state index contributed by atoms with van der Waals surface area (Å²) in [5.41, 5.74) is 6.54. The standard InChI is InChI=1S/C17H17ClN2O4/c1-10(16(21)20-11-6-8-12(23-2)9-7-11)24-17(22)13-4-3-5-14(18)15(13)19/h3-10H,19H2,1-2H3,(H,20,21). The number of carbonyl (C=O) groups is 2. The summed E-state index contributed by atoms with van der Waals surface area (Å²) in [7, 11) is 1.55. The molecule has 0 aliphatic carbocycles. The number of benzene rings is 2. The summed E-state index contributed by atoms with van der Waals surface area (Å²) >= 11 is 5.87. The predicted octanol–water partition coefficient (Wildman–Crippen LogP) is 3.11. The number of methoxy groups -OCH3 is 1. The second-order valence-corrected chi connectivity index (χ2v) is 5.37. The monoisotopic (exact) mass is 348 g/mol. The van der Waals surface area contributed by atoms with E-state index >= 15 is 0 Å². The normalized spacial score (nSPS) is 11.5. The first-order valence-corrected chi connectivity index (χ1v) is 7.50. The van der Waals surface area contributed by atoms with Crippen molar-refractivity contribution < 1.29 is 19.1 Å². The molecule has 0 aromatic heterocycles. The van der Waals surface area contributed by atoms with Crippen LogP contribution in [-0.2, 0) is 9.53 Å². The fraction of sp³-hybridized carbons (Fsp3) is 0.176. The van der Waals surface area contributed by atoms with Gasteiger partial charge in [-0.05, 0) is 43.3 Å². The molecular weight excluding hydrogens is 332 g/mol. The highest BCUT2D eigenvalue weighted by molar-refractivity contribution is 6.33. The van der Waals surface area contributed by atoms with Gasteiger partial charge in [-0.1, -0.05) is 17.7 Å². The number of para-hydroxylation sites is 1. The van der Waals surface area contributed by atoms with Crippen LogP contribution >= 0.6 is 11.6 Å². The molecule has 0 bridgehead atoms. The summed E-state index contributed by atoms with van der Waals surface area (Å²) in [6.07, 6.45) is -1.00. The number of ether oxygens (including phenoxy) is 2. The highest BCUT2D eigenvalue weighted by Crippen LogP contribution is 2.23. The van der Waals surface area contributed by atoms with Crippen LogP contribution in [-0.4, -0.2) is 25.1 Å². The van der Waals surface area contributed by atoms with E-state index in [-0.39, 0.29) is 16.3 Å². The zero-order chi connectivity index (χ0) is 17.7. The van der Waals surface area contributed by atoms with Crippen LogP contribution in [0.2, 0.25) is 5.02 Å². The lowest BCUT2D eigenvalue weighted by atomic mass is 10.2. The van der Waals surface area contributed by atoms with Crippen molar-refractivity contribution >= 4 is 34.9 Å². The zero-order valence-corrected chi connectivity index (χ0v) is 14.0. The Kier molecular flexibility index (Phi) is 5.65. The van der Waals surface area contributed by atoms with Crippen LogP contribution in [0.1, 0.15) is 17.3 Å². The fourth-order valence-electron chi connectivity index (χ4n) is 1.91. The van der Waals surface area contributed by atoms with Gasteiger partial charge in [0.1, 0.15) is 5.75 Å². The first-order chi connectivity index (χ1) is 11.4. The molecule has 126 valence electrons. The van der Waals surface area contributed by atoms with Gasteiger partial charge in [0, 0.05) is 5.69 Å². The number of nitrogens with one attached hydrogen (secondary N) is 1. The molecule has 0 aliphatic heterocycles. The van der Waals surface area contributed by atoms with Crippen LogP contribution in [0.3, 0.4) is 0 Å². The highest BCUT2D eigenvalue weighted by Gasteiger charge is 2.21. The smallest absolute Gasteiger partial charge is 0.341 e. The third-order valence-corrected chi connectivity index (χ3v) is 3.61. The quantitative estimate of drug-likeness (QED) is 0.640. The average Bonchev–Trinajstić information content (AvgIpc) is 2.57. The SMILES string of the molecule is COc1ccc(NC(=O)C(C)OC(=O)c2cccc(Cl)c2N)cc1. The molecule has 24 heavy (non-hydrogen) atoms. The lowest BCUT2D eigenvalue weighted by Crippen LogP contribution is -2.30. The van der Waals surface area contributed by atoms with Gasteiger partial charge in [0.2, 0.25) is 0 Å². The minimum Gasteiger partial charge on any atom is -0.497 e. The number of hydrogen-bond acceptors (Lipinski definition) is 5. The van der Waals surface area contributed by atoms with Gasteiger partial charge >= 0.3 is 5.97 Å². The molecular formula is C17H17ClN2O4. The van der Waals surface area contributed by atoms with Gasteiger partial charge in [-0.15, -0.1) is 0 Å². The van der Waals surface area contributed by atoms with Crippen molar-refractivity contribution in [2.45, 2.75) is 13.0 Å². The van der Waals surface area contributed by atoms with E-state index in [1.54, 1.807) is 43.5 Å². The number of amides is 1. The number of nitrogens with two attached hydrogens (primary N) is 1. The van der Waals surface area contributed by atoms with Crippen molar-refractivity contribution in [3.8, 4) is 5.75 Å². The first-order valence-electron chi connectivity index (χ1n) is 7.12. The molecule has 0 spiro atoms. The second-order valence-electron chi connectivity index (χ2n) is 4.97. The molecule has 2 aromatic carbocycles. The minimum atomic E-state index is -1.00. The van der Waals surface area contributed by atoms with Gasteiger partial charge < -0.3 is 20.5 Å². The number of esters is 1. The van der Waals surface area contributed by atoms with Crippen LogP contribution in [0, 0.1) is 0 Å². The van der Waals surface area contributed by atoms with Gasteiger partial charge in [-0.2, -0.15) is 0 Å². The zero-order valence-electron chi connectivity index (χ0n) is 13.2. The predicted molar refractivity (Wildman–Crippen MR) is 92.4 cm³/mol. The largest absolute Gasteiger partial charge is 0.497 e. The van der Waals surface area contributed by atoms with Crippen molar-refractivity contribution in [3.63, 3.8) is 0 Å². The molecule has 1 amide bonds. The van der Waals surface area contributed by atoms with Gasteiger partial charge in [0.15, 0.2) is 6.10 Å². The molecule has 0 heterocycles. The van der Waals surface area contributed by atoms with Gasteiger partial charge in [-0.25, -0.2) is 4.79 Å². The third-order valence-electron chi connectivity index (χ3n) is 3.28. The van der Waals surface area contributed by atoms with Gasteiger partial charge in [0.25, 0.3) is 5.91 Å². The topological polar surface area (TPSA) is 90.6 Å². The van der Waals surface area contributed by atoms with E-state index in [0.29, 0.717) is 11.4 Å². The Morgan fingerprint density at radius 3 is 2.46 bits per heavy atom. The van der Waals surface area contributed by atoms with Crippen molar-refractivity contribution in [2.24, 2.45) is 0 Å². The molecule has 2 rings (SSSR count). The molecule has 3 N–H and O–H groups in total. The maximum atomic E-state index is 12.1. The Hall–Kier alpha value is -2.73. The highest BCUT2D eigenvalue weighted by atomic mass is 35.5. The van der Waals surface area contributed by atoms with Crippen LogP contribution in [0.5, 0.6) is 5.75 Å². The summed E-state index contributed by atoms with van der Waals surface area (Å²) < 4.78 is 10.2. The van der Waals surface area contributed by atoms with Crippen molar-refractivity contribution in [3.05, 3.63) is 53.1 Å². The Labute approximate surface area is 144 Å². The Morgan fingerprint density at radius 1 is 1.17 bits per heavy atom. The summed E-state index contributed by atoms with van der Waals surface area (Å²) in [5, 5.41) is 2.90. The minimum absolute atomic E-state index is 0.117. The lowest BCUT2D eigenvalue weighted by Gasteiger charge is -2.14. The fourth-order valence-corrected chi connectivity index (χ4v) is 2.09. The van der Waals surface area contributed by atoms with Crippen LogP contribution in [0.25, 0.3) is 0 Å².